The number of amides is 1. The molecule has 122 valence electrons. The molecule has 1 saturated carbocycles. The van der Waals surface area contributed by atoms with Gasteiger partial charge in [-0.3, -0.25) is 4.79 Å². The molecular weight excluding hydrogens is 306 g/mol. The number of carbonyl (C=O) groups is 1. The first-order valence-corrected chi connectivity index (χ1v) is 9.22. The third-order valence-corrected chi connectivity index (χ3v) is 5.03. The van der Waals surface area contributed by atoms with Crippen LogP contribution in [0.5, 0.6) is 5.75 Å². The first-order chi connectivity index (χ1) is 11.3. The highest BCUT2D eigenvalue weighted by Gasteiger charge is 2.14. The van der Waals surface area contributed by atoms with Crippen molar-refractivity contribution in [2.45, 2.75) is 51.2 Å². The van der Waals surface area contributed by atoms with Gasteiger partial charge in [0, 0.05) is 11.4 Å². The summed E-state index contributed by atoms with van der Waals surface area (Å²) in [7, 11) is 0. The number of nitrogens with one attached hydrogen (secondary N) is 1. The van der Waals surface area contributed by atoms with Gasteiger partial charge < -0.3 is 10.1 Å². The molecule has 1 N–H and O–H groups in total. The molecule has 0 saturated heterocycles. The third kappa shape index (κ3) is 5.10. The number of rotatable bonds is 6. The minimum absolute atomic E-state index is 0.0612. The summed E-state index contributed by atoms with van der Waals surface area (Å²) in [5, 5.41) is 4.97. The van der Waals surface area contributed by atoms with Crippen LogP contribution < -0.4 is 10.1 Å². The van der Waals surface area contributed by atoms with E-state index >= 15 is 0 Å². The summed E-state index contributed by atoms with van der Waals surface area (Å²) in [4.78, 5) is 13.0. The summed E-state index contributed by atoms with van der Waals surface area (Å²) in [6.45, 7) is 0.548. The fourth-order valence-electron chi connectivity index (χ4n) is 2.94. The van der Waals surface area contributed by atoms with E-state index in [0.29, 0.717) is 19.1 Å². The lowest BCUT2D eigenvalue weighted by atomic mass is 9.98. The van der Waals surface area contributed by atoms with Gasteiger partial charge in [-0.15, -0.1) is 11.3 Å². The van der Waals surface area contributed by atoms with Crippen LogP contribution in [0.2, 0.25) is 0 Å². The van der Waals surface area contributed by atoms with E-state index in [-0.39, 0.29) is 5.91 Å². The first-order valence-electron chi connectivity index (χ1n) is 8.34. The quantitative estimate of drug-likeness (QED) is 0.857. The lowest BCUT2D eigenvalue weighted by molar-refractivity contribution is -0.120. The molecule has 1 heterocycles. The van der Waals surface area contributed by atoms with Gasteiger partial charge in [-0.25, -0.2) is 0 Å². The van der Waals surface area contributed by atoms with Crippen LogP contribution in [0.15, 0.2) is 41.8 Å². The van der Waals surface area contributed by atoms with Crippen molar-refractivity contribution >= 4 is 17.2 Å². The van der Waals surface area contributed by atoms with Crippen LogP contribution in [-0.2, 0) is 17.8 Å². The van der Waals surface area contributed by atoms with Crippen molar-refractivity contribution in [2.24, 2.45) is 0 Å². The topological polar surface area (TPSA) is 38.3 Å². The molecule has 0 unspecified atom stereocenters. The molecule has 0 spiro atoms. The molecule has 0 atom stereocenters. The molecule has 1 amide bonds. The molecule has 0 radical (unpaired) electrons. The van der Waals surface area contributed by atoms with E-state index in [1.165, 1.54) is 19.3 Å². The number of hydrogen-bond acceptors (Lipinski definition) is 3. The van der Waals surface area contributed by atoms with Gasteiger partial charge >= 0.3 is 0 Å². The molecule has 3 nitrogen and oxygen atoms in total. The Morgan fingerprint density at radius 3 is 2.83 bits per heavy atom. The van der Waals surface area contributed by atoms with E-state index in [0.717, 1.165) is 29.0 Å². The molecule has 3 rings (SSSR count). The van der Waals surface area contributed by atoms with E-state index in [9.17, 15) is 4.79 Å². The Balaban J connectivity index is 1.49. The second kappa shape index (κ2) is 8.16. The minimum Gasteiger partial charge on any atom is -0.490 e. The molecular formula is C19H23NO2S. The predicted octanol–water partition coefficient (Wildman–Crippen LogP) is 4.32. The highest BCUT2D eigenvalue weighted by atomic mass is 32.1. The maximum atomic E-state index is 11.9. The lowest BCUT2D eigenvalue weighted by Crippen LogP contribution is -2.24. The summed E-state index contributed by atoms with van der Waals surface area (Å²) in [6, 6.07) is 12.0. The molecule has 2 aromatic rings. The molecule has 1 fully saturated rings. The van der Waals surface area contributed by atoms with Crippen LogP contribution in [-0.4, -0.2) is 12.0 Å². The third-order valence-electron chi connectivity index (χ3n) is 4.16. The van der Waals surface area contributed by atoms with Gasteiger partial charge in [-0.1, -0.05) is 24.6 Å². The second-order valence-electron chi connectivity index (χ2n) is 6.06. The van der Waals surface area contributed by atoms with Crippen LogP contribution in [0.4, 0.5) is 0 Å². The SMILES string of the molecule is O=C(Cc1cccs1)NCc1cccc(OC2CCCCC2)c1. The van der Waals surface area contributed by atoms with Crippen molar-refractivity contribution in [3.05, 3.63) is 52.2 Å². The molecule has 0 aliphatic heterocycles. The standard InChI is InChI=1S/C19H23NO2S/c21-19(13-18-10-5-11-23-18)20-14-15-6-4-9-17(12-15)22-16-7-2-1-3-8-16/h4-6,9-12,16H,1-3,7-8,13-14H2,(H,20,21). The van der Waals surface area contributed by atoms with Crippen LogP contribution in [0.1, 0.15) is 42.5 Å². The van der Waals surface area contributed by atoms with Crippen molar-refractivity contribution < 1.29 is 9.53 Å². The Kier molecular flexibility index (Phi) is 5.70. The van der Waals surface area contributed by atoms with Gasteiger partial charge in [0.05, 0.1) is 12.5 Å². The lowest BCUT2D eigenvalue weighted by Gasteiger charge is -2.23. The summed E-state index contributed by atoms with van der Waals surface area (Å²) in [6.07, 6.45) is 6.98. The van der Waals surface area contributed by atoms with Crippen molar-refractivity contribution in [3.63, 3.8) is 0 Å². The number of hydrogen-bond donors (Lipinski definition) is 1. The Bertz CT molecular complexity index is 618. The number of benzene rings is 1. The predicted molar refractivity (Wildman–Crippen MR) is 93.8 cm³/mol. The smallest absolute Gasteiger partial charge is 0.225 e. The van der Waals surface area contributed by atoms with E-state index in [1.54, 1.807) is 11.3 Å². The molecule has 1 aliphatic rings. The summed E-state index contributed by atoms with van der Waals surface area (Å²) < 4.78 is 6.08. The molecule has 4 heteroatoms. The van der Waals surface area contributed by atoms with Crippen molar-refractivity contribution in [1.29, 1.82) is 0 Å². The Morgan fingerprint density at radius 2 is 2.04 bits per heavy atom. The fourth-order valence-corrected chi connectivity index (χ4v) is 3.64. The average molecular weight is 329 g/mol. The number of ether oxygens (including phenoxy) is 1. The molecule has 23 heavy (non-hydrogen) atoms. The maximum Gasteiger partial charge on any atom is 0.225 e. The molecule has 1 aromatic carbocycles. The van der Waals surface area contributed by atoms with Gasteiger partial charge in [0.15, 0.2) is 0 Å². The summed E-state index contributed by atoms with van der Waals surface area (Å²) >= 11 is 1.61. The minimum atomic E-state index is 0.0612. The maximum absolute atomic E-state index is 11.9. The van der Waals surface area contributed by atoms with E-state index in [2.05, 4.69) is 5.32 Å². The summed E-state index contributed by atoms with van der Waals surface area (Å²) in [5.41, 5.74) is 1.08. The fraction of sp³-hybridized carbons (Fsp3) is 0.421. The average Bonchev–Trinajstić information content (AvgIpc) is 3.07. The zero-order chi connectivity index (χ0) is 15.9. The zero-order valence-electron chi connectivity index (χ0n) is 13.3. The molecule has 1 aromatic heterocycles. The van der Waals surface area contributed by atoms with Gasteiger partial charge in [0.25, 0.3) is 0 Å². The van der Waals surface area contributed by atoms with Gasteiger partial charge in [-0.2, -0.15) is 0 Å². The Labute approximate surface area is 141 Å². The van der Waals surface area contributed by atoms with Gasteiger partial charge in [0.2, 0.25) is 5.91 Å². The number of thiophene rings is 1. The van der Waals surface area contributed by atoms with Crippen LogP contribution in [0, 0.1) is 0 Å². The molecule has 1 aliphatic carbocycles. The highest BCUT2D eigenvalue weighted by molar-refractivity contribution is 7.10. The van der Waals surface area contributed by atoms with Crippen LogP contribution >= 0.6 is 11.3 Å². The Hall–Kier alpha value is -1.81. The van der Waals surface area contributed by atoms with Gasteiger partial charge in [-0.05, 0) is 54.8 Å². The Morgan fingerprint density at radius 1 is 1.17 bits per heavy atom. The van der Waals surface area contributed by atoms with Crippen molar-refractivity contribution in [2.75, 3.05) is 0 Å². The van der Waals surface area contributed by atoms with E-state index in [4.69, 9.17) is 4.74 Å². The van der Waals surface area contributed by atoms with Gasteiger partial charge in [0.1, 0.15) is 5.75 Å². The largest absolute Gasteiger partial charge is 0.490 e. The number of carbonyl (C=O) groups excluding carboxylic acids is 1. The molecule has 0 bridgehead atoms. The van der Waals surface area contributed by atoms with E-state index < -0.39 is 0 Å². The van der Waals surface area contributed by atoms with Crippen molar-refractivity contribution in [3.8, 4) is 5.75 Å². The summed E-state index contributed by atoms with van der Waals surface area (Å²) in [5.74, 6) is 0.980. The van der Waals surface area contributed by atoms with Crippen molar-refractivity contribution in [1.82, 2.24) is 5.32 Å². The first kappa shape index (κ1) is 16.1. The van der Waals surface area contributed by atoms with Crippen LogP contribution in [0.25, 0.3) is 0 Å². The van der Waals surface area contributed by atoms with E-state index in [1.807, 2.05) is 41.8 Å². The van der Waals surface area contributed by atoms with Crippen LogP contribution in [0.3, 0.4) is 0 Å². The normalized spacial score (nSPS) is 15.3. The highest BCUT2D eigenvalue weighted by Crippen LogP contribution is 2.23. The monoisotopic (exact) mass is 329 g/mol. The zero-order valence-corrected chi connectivity index (χ0v) is 14.1. The second-order valence-corrected chi connectivity index (χ2v) is 7.09.